The SMILES string of the molecule is Cc1csc(NC(=O)/C=C/c2ccc(S(=O)(=O)N3CCOCC3)cc2)n1. The number of aryl methyl sites for hydroxylation is 1. The Hall–Kier alpha value is -2.07. The van der Waals surface area contributed by atoms with Crippen LogP contribution >= 0.6 is 11.3 Å². The highest BCUT2D eigenvalue weighted by atomic mass is 32.2. The summed E-state index contributed by atoms with van der Waals surface area (Å²) in [5.41, 5.74) is 1.59. The Morgan fingerprint density at radius 2 is 1.96 bits per heavy atom. The number of nitrogens with one attached hydrogen (secondary N) is 1. The Balaban J connectivity index is 1.64. The molecule has 0 unspecified atom stereocenters. The molecule has 0 spiro atoms. The quantitative estimate of drug-likeness (QED) is 0.786. The summed E-state index contributed by atoms with van der Waals surface area (Å²) in [7, 11) is -3.51. The number of nitrogens with zero attached hydrogens (tertiary/aromatic N) is 2. The summed E-state index contributed by atoms with van der Waals surface area (Å²) in [4.78, 5) is 16.3. The van der Waals surface area contributed by atoms with Gasteiger partial charge in [0.1, 0.15) is 0 Å². The summed E-state index contributed by atoms with van der Waals surface area (Å²) in [5.74, 6) is -0.288. The summed E-state index contributed by atoms with van der Waals surface area (Å²) in [6.07, 6.45) is 3.02. The molecule has 1 fully saturated rings. The Morgan fingerprint density at radius 3 is 2.58 bits per heavy atom. The third kappa shape index (κ3) is 4.55. The van der Waals surface area contributed by atoms with Crippen LogP contribution in [0.2, 0.25) is 0 Å². The number of sulfonamides is 1. The maximum Gasteiger partial charge on any atom is 0.250 e. The summed E-state index contributed by atoms with van der Waals surface area (Å²) in [6, 6.07) is 6.44. The predicted molar refractivity (Wildman–Crippen MR) is 101 cm³/mol. The van der Waals surface area contributed by atoms with Gasteiger partial charge in [0.05, 0.1) is 23.8 Å². The highest BCUT2D eigenvalue weighted by Gasteiger charge is 2.25. The van der Waals surface area contributed by atoms with Gasteiger partial charge >= 0.3 is 0 Å². The molecule has 138 valence electrons. The average Bonchev–Trinajstić information content (AvgIpc) is 3.06. The van der Waals surface area contributed by atoms with E-state index in [2.05, 4.69) is 10.3 Å². The predicted octanol–water partition coefficient (Wildman–Crippen LogP) is 2.12. The molecule has 1 aliphatic rings. The summed E-state index contributed by atoms with van der Waals surface area (Å²) < 4.78 is 31.7. The molecular formula is C17H19N3O4S2. The topological polar surface area (TPSA) is 88.6 Å². The highest BCUT2D eigenvalue weighted by molar-refractivity contribution is 7.89. The second kappa shape index (κ2) is 8.09. The molecular weight excluding hydrogens is 374 g/mol. The molecule has 1 aromatic heterocycles. The number of morpholine rings is 1. The molecule has 2 aromatic rings. The zero-order valence-corrected chi connectivity index (χ0v) is 15.8. The van der Waals surface area contributed by atoms with Crippen molar-refractivity contribution < 1.29 is 17.9 Å². The van der Waals surface area contributed by atoms with Gasteiger partial charge < -0.3 is 4.74 Å². The minimum Gasteiger partial charge on any atom is -0.379 e. The Bertz CT molecular complexity index is 898. The largest absolute Gasteiger partial charge is 0.379 e. The van der Waals surface area contributed by atoms with Crippen molar-refractivity contribution in [2.45, 2.75) is 11.8 Å². The number of carbonyl (C=O) groups is 1. The highest BCUT2D eigenvalue weighted by Crippen LogP contribution is 2.18. The van der Waals surface area contributed by atoms with Crippen molar-refractivity contribution in [1.82, 2.24) is 9.29 Å². The van der Waals surface area contributed by atoms with E-state index in [0.717, 1.165) is 11.3 Å². The van der Waals surface area contributed by atoms with Gasteiger partial charge in [-0.25, -0.2) is 13.4 Å². The van der Waals surface area contributed by atoms with E-state index >= 15 is 0 Å². The van der Waals surface area contributed by atoms with Crippen molar-refractivity contribution in [2.24, 2.45) is 0 Å². The summed E-state index contributed by atoms with van der Waals surface area (Å²) >= 11 is 1.36. The summed E-state index contributed by atoms with van der Waals surface area (Å²) in [5, 5.41) is 5.08. The second-order valence-electron chi connectivity index (χ2n) is 5.70. The van der Waals surface area contributed by atoms with Crippen molar-refractivity contribution in [3.8, 4) is 0 Å². The van der Waals surface area contributed by atoms with Crippen LogP contribution in [0.25, 0.3) is 6.08 Å². The molecule has 7 nitrogen and oxygen atoms in total. The van der Waals surface area contributed by atoms with Crippen molar-refractivity contribution in [1.29, 1.82) is 0 Å². The van der Waals surface area contributed by atoms with Gasteiger partial charge in [-0.1, -0.05) is 12.1 Å². The van der Waals surface area contributed by atoms with E-state index in [1.54, 1.807) is 30.3 Å². The third-order valence-corrected chi connectivity index (χ3v) is 6.55. The zero-order valence-electron chi connectivity index (χ0n) is 14.2. The van der Waals surface area contributed by atoms with Crippen LogP contribution in [-0.2, 0) is 19.6 Å². The molecule has 1 aromatic carbocycles. The van der Waals surface area contributed by atoms with Crippen LogP contribution in [0, 0.1) is 6.92 Å². The van der Waals surface area contributed by atoms with Crippen LogP contribution in [0.5, 0.6) is 0 Å². The van der Waals surface area contributed by atoms with Gasteiger partial charge in [0.25, 0.3) is 0 Å². The molecule has 1 N–H and O–H groups in total. The number of hydrogen-bond acceptors (Lipinski definition) is 6. The molecule has 0 radical (unpaired) electrons. The summed E-state index contributed by atoms with van der Waals surface area (Å²) in [6.45, 7) is 3.40. The number of anilines is 1. The van der Waals surface area contributed by atoms with Gasteiger partial charge in [0, 0.05) is 24.5 Å². The van der Waals surface area contributed by atoms with Crippen LogP contribution < -0.4 is 5.32 Å². The van der Waals surface area contributed by atoms with Crippen molar-refractivity contribution in [2.75, 3.05) is 31.6 Å². The molecule has 26 heavy (non-hydrogen) atoms. The average molecular weight is 393 g/mol. The molecule has 1 aliphatic heterocycles. The molecule has 9 heteroatoms. The first kappa shape index (κ1) is 18.7. The van der Waals surface area contributed by atoms with Gasteiger partial charge in [0.2, 0.25) is 15.9 Å². The maximum absolute atomic E-state index is 12.6. The molecule has 0 saturated carbocycles. The minimum atomic E-state index is -3.51. The Morgan fingerprint density at radius 1 is 1.27 bits per heavy atom. The van der Waals surface area contributed by atoms with Crippen LogP contribution in [-0.4, -0.2) is 49.9 Å². The van der Waals surface area contributed by atoms with E-state index in [-0.39, 0.29) is 10.8 Å². The van der Waals surface area contributed by atoms with E-state index < -0.39 is 10.0 Å². The van der Waals surface area contributed by atoms with Crippen molar-refractivity contribution in [3.05, 3.63) is 47.0 Å². The first-order valence-electron chi connectivity index (χ1n) is 8.04. The number of hydrogen-bond donors (Lipinski definition) is 1. The molecule has 1 saturated heterocycles. The van der Waals surface area contributed by atoms with Gasteiger partial charge in [-0.3, -0.25) is 10.1 Å². The van der Waals surface area contributed by atoms with E-state index in [1.807, 2.05) is 12.3 Å². The standard InChI is InChI=1S/C17H19N3O4S2/c1-13-12-25-17(18-13)19-16(21)7-4-14-2-5-15(6-3-14)26(22,23)20-8-10-24-11-9-20/h2-7,12H,8-11H2,1H3,(H,18,19,21)/b7-4+. The monoisotopic (exact) mass is 393 g/mol. The lowest BCUT2D eigenvalue weighted by atomic mass is 10.2. The number of thiazole rings is 1. The third-order valence-electron chi connectivity index (χ3n) is 3.76. The molecule has 3 rings (SSSR count). The smallest absolute Gasteiger partial charge is 0.250 e. The van der Waals surface area contributed by atoms with Gasteiger partial charge in [0.15, 0.2) is 5.13 Å². The van der Waals surface area contributed by atoms with Crippen LogP contribution in [0.15, 0.2) is 40.6 Å². The molecule has 2 heterocycles. The minimum absolute atomic E-state index is 0.235. The number of ether oxygens (including phenoxy) is 1. The second-order valence-corrected chi connectivity index (χ2v) is 8.50. The van der Waals surface area contributed by atoms with Crippen molar-refractivity contribution in [3.63, 3.8) is 0 Å². The fourth-order valence-corrected chi connectivity index (χ4v) is 4.52. The fourth-order valence-electron chi connectivity index (χ4n) is 2.42. The van der Waals surface area contributed by atoms with E-state index in [4.69, 9.17) is 4.74 Å². The van der Waals surface area contributed by atoms with Gasteiger partial charge in [-0.15, -0.1) is 11.3 Å². The lowest BCUT2D eigenvalue weighted by Crippen LogP contribution is -2.40. The molecule has 0 aliphatic carbocycles. The van der Waals surface area contributed by atoms with E-state index in [0.29, 0.717) is 31.4 Å². The number of amides is 1. The Kier molecular flexibility index (Phi) is 5.82. The number of benzene rings is 1. The van der Waals surface area contributed by atoms with Crippen LogP contribution in [0.3, 0.4) is 0 Å². The van der Waals surface area contributed by atoms with Gasteiger partial charge in [-0.05, 0) is 30.7 Å². The zero-order chi connectivity index (χ0) is 18.6. The Labute approximate surface area is 156 Å². The maximum atomic E-state index is 12.6. The lowest BCUT2D eigenvalue weighted by Gasteiger charge is -2.26. The number of rotatable bonds is 5. The van der Waals surface area contributed by atoms with E-state index in [1.165, 1.54) is 21.7 Å². The van der Waals surface area contributed by atoms with Crippen LogP contribution in [0.1, 0.15) is 11.3 Å². The van der Waals surface area contributed by atoms with Gasteiger partial charge in [-0.2, -0.15) is 4.31 Å². The number of carbonyl (C=O) groups excluding carboxylic acids is 1. The first-order chi connectivity index (χ1) is 12.4. The van der Waals surface area contributed by atoms with Crippen molar-refractivity contribution >= 4 is 38.5 Å². The van der Waals surface area contributed by atoms with E-state index in [9.17, 15) is 13.2 Å². The number of aromatic nitrogens is 1. The molecule has 0 atom stereocenters. The lowest BCUT2D eigenvalue weighted by molar-refractivity contribution is -0.111. The fraction of sp³-hybridized carbons (Fsp3) is 0.294. The van der Waals surface area contributed by atoms with Crippen LogP contribution in [0.4, 0.5) is 5.13 Å². The first-order valence-corrected chi connectivity index (χ1v) is 10.4. The molecule has 1 amide bonds. The normalized spacial score (nSPS) is 16.0. The molecule has 0 bridgehead atoms.